The summed E-state index contributed by atoms with van der Waals surface area (Å²) in [7, 11) is -3.48. The molecule has 0 saturated carbocycles. The molecule has 11 heteroatoms. The van der Waals surface area contributed by atoms with E-state index in [1.54, 1.807) is 0 Å². The standard InChI is InChI=1S/C14H18ClN5O3S2/c1-5-20-14(17-18-19-20)16-13(21)9-6-7-10(25(4,22)23)12(11(9)15)24-8(2)3/h6-8H,5H2,1-4H3,(H,16,17,19,21). The molecule has 0 unspecified atom stereocenters. The predicted molar refractivity (Wildman–Crippen MR) is 97.0 cm³/mol. The number of thioether (sulfide) groups is 1. The summed E-state index contributed by atoms with van der Waals surface area (Å²) in [5, 5.41) is 13.7. The van der Waals surface area contributed by atoms with Gasteiger partial charge in [0, 0.05) is 22.9 Å². The van der Waals surface area contributed by atoms with E-state index in [0.29, 0.717) is 11.4 Å². The molecule has 0 spiro atoms. The average Bonchev–Trinajstić information content (AvgIpc) is 2.94. The van der Waals surface area contributed by atoms with Gasteiger partial charge in [-0.05, 0) is 29.5 Å². The second-order valence-electron chi connectivity index (χ2n) is 5.47. The normalized spacial score (nSPS) is 11.8. The van der Waals surface area contributed by atoms with Gasteiger partial charge >= 0.3 is 0 Å². The molecule has 2 aromatic rings. The third kappa shape index (κ3) is 4.50. The SMILES string of the molecule is CCn1nnnc1NC(=O)c1ccc(S(C)(=O)=O)c(SC(C)C)c1Cl. The summed E-state index contributed by atoms with van der Waals surface area (Å²) in [6, 6.07) is 2.78. The number of carbonyl (C=O) groups is 1. The molecule has 0 fully saturated rings. The molecule has 2 rings (SSSR count). The molecule has 8 nitrogen and oxygen atoms in total. The van der Waals surface area contributed by atoms with Crippen LogP contribution in [0.5, 0.6) is 0 Å². The van der Waals surface area contributed by atoms with E-state index in [-0.39, 0.29) is 26.7 Å². The van der Waals surface area contributed by atoms with Crippen LogP contribution < -0.4 is 5.32 Å². The number of hydrogen-bond acceptors (Lipinski definition) is 7. The summed E-state index contributed by atoms with van der Waals surface area (Å²) in [5.41, 5.74) is 0.155. The van der Waals surface area contributed by atoms with Crippen molar-refractivity contribution in [1.29, 1.82) is 0 Å². The predicted octanol–water partition coefficient (Wildman–Crippen LogP) is 2.50. The molecule has 1 heterocycles. The molecule has 0 saturated heterocycles. The molecule has 0 aliphatic heterocycles. The molecule has 1 aromatic carbocycles. The second kappa shape index (κ2) is 7.71. The number of aromatic nitrogens is 4. The van der Waals surface area contributed by atoms with Crippen LogP contribution in [0.15, 0.2) is 21.9 Å². The number of tetrazole rings is 1. The van der Waals surface area contributed by atoms with Crippen molar-refractivity contribution in [2.75, 3.05) is 11.6 Å². The lowest BCUT2D eigenvalue weighted by atomic mass is 10.2. The van der Waals surface area contributed by atoms with Gasteiger partial charge < -0.3 is 0 Å². The van der Waals surface area contributed by atoms with E-state index >= 15 is 0 Å². The monoisotopic (exact) mass is 403 g/mol. The molecule has 0 bridgehead atoms. The first-order valence-corrected chi connectivity index (χ1v) is 10.6. The van der Waals surface area contributed by atoms with Crippen molar-refractivity contribution >= 4 is 45.1 Å². The van der Waals surface area contributed by atoms with Gasteiger partial charge in [0.25, 0.3) is 5.91 Å². The first-order chi connectivity index (χ1) is 11.6. The molecule has 25 heavy (non-hydrogen) atoms. The van der Waals surface area contributed by atoms with Gasteiger partial charge in [0.2, 0.25) is 5.95 Å². The number of aryl methyl sites for hydroxylation is 1. The Bertz CT molecular complexity index is 896. The zero-order chi connectivity index (χ0) is 18.8. The van der Waals surface area contributed by atoms with Crippen LogP contribution in [0, 0.1) is 0 Å². The van der Waals surface area contributed by atoms with E-state index in [1.807, 2.05) is 20.8 Å². The van der Waals surface area contributed by atoms with Crippen molar-refractivity contribution in [2.45, 2.75) is 42.4 Å². The average molecular weight is 404 g/mol. The largest absolute Gasteiger partial charge is 0.289 e. The van der Waals surface area contributed by atoms with Crippen LogP contribution in [0.1, 0.15) is 31.1 Å². The van der Waals surface area contributed by atoms with Crippen LogP contribution in [-0.2, 0) is 16.4 Å². The fourth-order valence-corrected chi connectivity index (χ4v) is 4.69. The maximum atomic E-state index is 12.5. The van der Waals surface area contributed by atoms with E-state index < -0.39 is 15.7 Å². The number of benzene rings is 1. The highest BCUT2D eigenvalue weighted by atomic mass is 35.5. The van der Waals surface area contributed by atoms with Gasteiger partial charge in [-0.1, -0.05) is 30.5 Å². The summed E-state index contributed by atoms with van der Waals surface area (Å²) < 4.78 is 25.4. The lowest BCUT2D eigenvalue weighted by Crippen LogP contribution is -2.17. The molecule has 1 amide bonds. The summed E-state index contributed by atoms with van der Waals surface area (Å²) in [6.07, 6.45) is 1.11. The highest BCUT2D eigenvalue weighted by Crippen LogP contribution is 2.38. The fourth-order valence-electron chi connectivity index (χ4n) is 2.03. The van der Waals surface area contributed by atoms with Gasteiger partial charge in [-0.2, -0.15) is 0 Å². The van der Waals surface area contributed by atoms with Gasteiger partial charge in [0.15, 0.2) is 9.84 Å². The second-order valence-corrected chi connectivity index (χ2v) is 9.41. The van der Waals surface area contributed by atoms with E-state index in [0.717, 1.165) is 6.26 Å². The Morgan fingerprint density at radius 3 is 2.64 bits per heavy atom. The lowest BCUT2D eigenvalue weighted by Gasteiger charge is -2.15. The smallest absolute Gasteiger partial charge is 0.259 e. The number of rotatable bonds is 6. The molecule has 0 atom stereocenters. The van der Waals surface area contributed by atoms with Crippen LogP contribution in [0.25, 0.3) is 0 Å². The number of nitrogens with one attached hydrogen (secondary N) is 1. The minimum Gasteiger partial charge on any atom is -0.289 e. The minimum atomic E-state index is -3.48. The Balaban J connectivity index is 2.46. The number of carbonyl (C=O) groups excluding carboxylic acids is 1. The van der Waals surface area contributed by atoms with Gasteiger partial charge in [-0.25, -0.2) is 13.1 Å². The Labute approximate surface area is 155 Å². The minimum absolute atomic E-state index is 0.0868. The zero-order valence-electron chi connectivity index (χ0n) is 14.1. The first-order valence-electron chi connectivity index (χ1n) is 7.41. The van der Waals surface area contributed by atoms with Crippen molar-refractivity contribution < 1.29 is 13.2 Å². The van der Waals surface area contributed by atoms with Crippen LogP contribution in [-0.4, -0.2) is 46.0 Å². The Kier molecular flexibility index (Phi) is 6.07. The Hall–Kier alpha value is -1.65. The third-order valence-corrected chi connectivity index (χ3v) is 6.02. The van der Waals surface area contributed by atoms with Gasteiger partial charge in [-0.15, -0.1) is 11.8 Å². The number of nitrogens with zero attached hydrogens (tertiary/aromatic N) is 4. The fraction of sp³-hybridized carbons (Fsp3) is 0.429. The number of hydrogen-bond donors (Lipinski definition) is 1. The van der Waals surface area contributed by atoms with Crippen molar-refractivity contribution in [3.63, 3.8) is 0 Å². The molecular formula is C14H18ClN5O3S2. The molecule has 1 aromatic heterocycles. The quantitative estimate of drug-likeness (QED) is 0.738. The highest BCUT2D eigenvalue weighted by molar-refractivity contribution is 8.00. The molecule has 0 aliphatic carbocycles. The topological polar surface area (TPSA) is 107 Å². The number of sulfone groups is 1. The third-order valence-electron chi connectivity index (χ3n) is 3.12. The van der Waals surface area contributed by atoms with Crippen molar-refractivity contribution in [3.05, 3.63) is 22.7 Å². The van der Waals surface area contributed by atoms with Crippen molar-refractivity contribution in [3.8, 4) is 0 Å². The molecule has 0 aliphatic rings. The number of halogens is 1. The van der Waals surface area contributed by atoms with E-state index in [1.165, 1.54) is 28.6 Å². The number of amides is 1. The molecule has 136 valence electrons. The highest BCUT2D eigenvalue weighted by Gasteiger charge is 2.23. The maximum Gasteiger partial charge on any atom is 0.259 e. The molecular weight excluding hydrogens is 386 g/mol. The van der Waals surface area contributed by atoms with Crippen molar-refractivity contribution in [2.24, 2.45) is 0 Å². The van der Waals surface area contributed by atoms with Crippen LogP contribution in [0.2, 0.25) is 5.02 Å². The molecule has 1 N–H and O–H groups in total. The summed E-state index contributed by atoms with van der Waals surface area (Å²) in [6.45, 7) is 6.14. The molecule has 0 radical (unpaired) electrons. The van der Waals surface area contributed by atoms with Gasteiger partial charge in [-0.3, -0.25) is 10.1 Å². The van der Waals surface area contributed by atoms with E-state index in [2.05, 4.69) is 20.8 Å². The van der Waals surface area contributed by atoms with E-state index in [9.17, 15) is 13.2 Å². The van der Waals surface area contributed by atoms with E-state index in [4.69, 9.17) is 11.6 Å². The number of anilines is 1. The summed E-state index contributed by atoms with van der Waals surface area (Å²) in [4.78, 5) is 13.0. The van der Waals surface area contributed by atoms with Gasteiger partial charge in [0.05, 0.1) is 15.5 Å². The van der Waals surface area contributed by atoms with Crippen LogP contribution in [0.4, 0.5) is 5.95 Å². The summed E-state index contributed by atoms with van der Waals surface area (Å²) >= 11 is 7.66. The first kappa shape index (κ1) is 19.7. The Morgan fingerprint density at radius 1 is 1.40 bits per heavy atom. The Morgan fingerprint density at radius 2 is 2.08 bits per heavy atom. The lowest BCUT2D eigenvalue weighted by molar-refractivity contribution is 0.102. The van der Waals surface area contributed by atoms with Crippen LogP contribution in [0.3, 0.4) is 0 Å². The van der Waals surface area contributed by atoms with Crippen LogP contribution >= 0.6 is 23.4 Å². The summed E-state index contributed by atoms with van der Waals surface area (Å²) in [5.74, 6) is -0.325. The zero-order valence-corrected chi connectivity index (χ0v) is 16.5. The maximum absolute atomic E-state index is 12.5. The van der Waals surface area contributed by atoms with Crippen molar-refractivity contribution in [1.82, 2.24) is 20.2 Å². The van der Waals surface area contributed by atoms with Gasteiger partial charge in [0.1, 0.15) is 0 Å².